The number of aromatic nitrogens is 1. The van der Waals surface area contributed by atoms with Gasteiger partial charge in [-0.05, 0) is 24.3 Å². The number of methoxy groups -OCH3 is 2. The third-order valence-electron chi connectivity index (χ3n) is 3.30. The predicted octanol–water partition coefficient (Wildman–Crippen LogP) is 2.19. The van der Waals surface area contributed by atoms with E-state index in [1.165, 1.54) is 31.8 Å². The summed E-state index contributed by atoms with van der Waals surface area (Å²) in [5.41, 5.74) is 0.716. The van der Waals surface area contributed by atoms with Crippen LogP contribution in [0.15, 0.2) is 24.3 Å². The molecule has 7 heteroatoms. The Morgan fingerprint density at radius 1 is 1.22 bits per heavy atom. The van der Waals surface area contributed by atoms with E-state index in [1.54, 1.807) is 18.2 Å². The maximum atomic E-state index is 12.2. The molecular weight excluding hydrogens is 302 g/mol. The Balaban J connectivity index is 2.92. The normalized spacial score (nSPS) is 10.9. The number of fused-ring (bicyclic) bond motifs is 1. The Bertz CT molecular complexity index is 831. The van der Waals surface area contributed by atoms with Crippen molar-refractivity contribution >= 4 is 34.8 Å². The Morgan fingerprint density at radius 3 is 2.43 bits per heavy atom. The van der Waals surface area contributed by atoms with Crippen LogP contribution in [0.1, 0.15) is 27.8 Å². The molecule has 1 heterocycles. The molecule has 0 aliphatic rings. The topological polar surface area (TPSA) is 94.8 Å². The molecule has 0 bridgehead atoms. The molecule has 120 valence electrons. The highest BCUT2D eigenvalue weighted by molar-refractivity contribution is 6.11. The SMILES string of the molecule is COC(=O)c1c(/C=C/C(=O)O)n(C(C)=O)c2ccc(OC)cc12. The van der Waals surface area contributed by atoms with Crippen molar-refractivity contribution in [2.24, 2.45) is 0 Å². The predicted molar refractivity (Wildman–Crippen MR) is 82.8 cm³/mol. The molecular formula is C16H15NO6. The standard InChI is InChI=1S/C16H15NO6/c1-9(18)17-12-5-4-10(22-2)8-11(12)15(16(21)23-3)13(17)6-7-14(19)20/h4-8H,1-3H3,(H,19,20)/b7-6+. The Morgan fingerprint density at radius 2 is 1.91 bits per heavy atom. The molecule has 1 aromatic heterocycles. The quantitative estimate of drug-likeness (QED) is 0.686. The van der Waals surface area contributed by atoms with E-state index < -0.39 is 11.9 Å². The Labute approximate surface area is 131 Å². The van der Waals surface area contributed by atoms with E-state index in [0.29, 0.717) is 16.7 Å². The number of hydrogen-bond donors (Lipinski definition) is 1. The first kappa shape index (κ1) is 16.3. The second-order valence-corrected chi connectivity index (χ2v) is 4.66. The van der Waals surface area contributed by atoms with Crippen molar-refractivity contribution in [2.45, 2.75) is 6.92 Å². The van der Waals surface area contributed by atoms with Gasteiger partial charge in [0.1, 0.15) is 5.75 Å². The first-order chi connectivity index (χ1) is 10.9. The lowest BCUT2D eigenvalue weighted by Gasteiger charge is -2.04. The summed E-state index contributed by atoms with van der Waals surface area (Å²) >= 11 is 0. The number of hydrogen-bond acceptors (Lipinski definition) is 5. The van der Waals surface area contributed by atoms with Crippen molar-refractivity contribution in [3.05, 3.63) is 35.5 Å². The van der Waals surface area contributed by atoms with Gasteiger partial charge in [-0.1, -0.05) is 0 Å². The number of aliphatic carboxylic acids is 1. The summed E-state index contributed by atoms with van der Waals surface area (Å²) in [6.45, 7) is 1.32. The van der Waals surface area contributed by atoms with Crippen LogP contribution in [-0.2, 0) is 9.53 Å². The van der Waals surface area contributed by atoms with Crippen molar-refractivity contribution in [1.29, 1.82) is 0 Å². The van der Waals surface area contributed by atoms with E-state index in [-0.39, 0.29) is 17.2 Å². The van der Waals surface area contributed by atoms with E-state index in [2.05, 4.69) is 0 Å². The fourth-order valence-corrected chi connectivity index (χ4v) is 2.38. The summed E-state index contributed by atoms with van der Waals surface area (Å²) in [6.07, 6.45) is 2.06. The van der Waals surface area contributed by atoms with Gasteiger partial charge < -0.3 is 14.6 Å². The molecule has 0 radical (unpaired) electrons. The summed E-state index contributed by atoms with van der Waals surface area (Å²) in [6, 6.07) is 4.87. The monoisotopic (exact) mass is 317 g/mol. The van der Waals surface area contributed by atoms with Crippen LogP contribution in [0.2, 0.25) is 0 Å². The molecule has 2 aromatic rings. The van der Waals surface area contributed by atoms with Crippen molar-refractivity contribution in [3.63, 3.8) is 0 Å². The Hall–Kier alpha value is -3.09. The van der Waals surface area contributed by atoms with Crippen LogP contribution in [0.4, 0.5) is 0 Å². The second kappa shape index (κ2) is 6.35. The van der Waals surface area contributed by atoms with Crippen LogP contribution in [0, 0.1) is 0 Å². The van der Waals surface area contributed by atoms with E-state index in [4.69, 9.17) is 14.6 Å². The minimum absolute atomic E-state index is 0.106. The number of esters is 1. The van der Waals surface area contributed by atoms with Crippen LogP contribution < -0.4 is 4.74 Å². The molecule has 0 saturated carbocycles. The molecule has 7 nitrogen and oxygen atoms in total. The van der Waals surface area contributed by atoms with Gasteiger partial charge in [0.25, 0.3) is 0 Å². The van der Waals surface area contributed by atoms with Crippen LogP contribution >= 0.6 is 0 Å². The number of carbonyl (C=O) groups excluding carboxylic acids is 2. The minimum Gasteiger partial charge on any atom is -0.497 e. The lowest BCUT2D eigenvalue weighted by molar-refractivity contribution is -0.131. The van der Waals surface area contributed by atoms with Gasteiger partial charge >= 0.3 is 11.9 Å². The number of benzene rings is 1. The minimum atomic E-state index is -1.20. The second-order valence-electron chi connectivity index (χ2n) is 4.66. The molecule has 1 aromatic carbocycles. The zero-order valence-corrected chi connectivity index (χ0v) is 12.8. The van der Waals surface area contributed by atoms with Gasteiger partial charge in [-0.15, -0.1) is 0 Å². The summed E-state index contributed by atoms with van der Waals surface area (Å²) in [7, 11) is 2.69. The van der Waals surface area contributed by atoms with Crippen LogP contribution in [-0.4, -0.2) is 41.7 Å². The van der Waals surface area contributed by atoms with Gasteiger partial charge in [0, 0.05) is 18.4 Å². The van der Waals surface area contributed by atoms with Crippen molar-refractivity contribution < 1.29 is 29.0 Å². The van der Waals surface area contributed by atoms with Gasteiger partial charge in [-0.3, -0.25) is 9.36 Å². The Kier molecular flexibility index (Phi) is 4.49. The molecule has 23 heavy (non-hydrogen) atoms. The number of nitrogens with zero attached hydrogens (tertiary/aromatic N) is 1. The summed E-state index contributed by atoms with van der Waals surface area (Å²) < 4.78 is 11.2. The average Bonchev–Trinajstić information content (AvgIpc) is 2.85. The van der Waals surface area contributed by atoms with E-state index in [0.717, 1.165) is 6.08 Å². The van der Waals surface area contributed by atoms with Gasteiger partial charge in [0.05, 0.1) is 31.0 Å². The van der Waals surface area contributed by atoms with Crippen molar-refractivity contribution in [2.75, 3.05) is 14.2 Å². The zero-order valence-electron chi connectivity index (χ0n) is 12.8. The first-order valence-electron chi connectivity index (χ1n) is 6.63. The van der Waals surface area contributed by atoms with E-state index in [9.17, 15) is 14.4 Å². The molecule has 2 rings (SSSR count). The van der Waals surface area contributed by atoms with Crippen LogP contribution in [0.3, 0.4) is 0 Å². The highest BCUT2D eigenvalue weighted by Gasteiger charge is 2.24. The lowest BCUT2D eigenvalue weighted by atomic mass is 10.1. The molecule has 0 spiro atoms. The van der Waals surface area contributed by atoms with Gasteiger partial charge in [-0.25, -0.2) is 9.59 Å². The first-order valence-corrected chi connectivity index (χ1v) is 6.63. The van der Waals surface area contributed by atoms with Crippen LogP contribution in [0.25, 0.3) is 17.0 Å². The number of carboxylic acid groups (broad SMARTS) is 1. The van der Waals surface area contributed by atoms with Gasteiger partial charge in [-0.2, -0.15) is 0 Å². The van der Waals surface area contributed by atoms with Crippen molar-refractivity contribution in [1.82, 2.24) is 4.57 Å². The van der Waals surface area contributed by atoms with Gasteiger partial charge in [0.15, 0.2) is 0 Å². The number of carbonyl (C=O) groups is 3. The average molecular weight is 317 g/mol. The molecule has 0 atom stereocenters. The fourth-order valence-electron chi connectivity index (χ4n) is 2.38. The molecule has 0 fully saturated rings. The van der Waals surface area contributed by atoms with E-state index in [1.807, 2.05) is 0 Å². The van der Waals surface area contributed by atoms with E-state index >= 15 is 0 Å². The molecule has 0 amide bonds. The molecule has 0 saturated heterocycles. The summed E-state index contributed by atoms with van der Waals surface area (Å²) in [4.78, 5) is 35.0. The third kappa shape index (κ3) is 2.94. The smallest absolute Gasteiger partial charge is 0.340 e. The summed E-state index contributed by atoms with van der Waals surface area (Å²) in [5, 5.41) is 9.27. The highest BCUT2D eigenvalue weighted by Crippen LogP contribution is 2.31. The molecule has 0 unspecified atom stereocenters. The molecule has 0 aliphatic carbocycles. The largest absolute Gasteiger partial charge is 0.497 e. The number of carboxylic acids is 1. The number of ether oxygens (including phenoxy) is 2. The molecule has 0 aliphatic heterocycles. The third-order valence-corrected chi connectivity index (χ3v) is 3.30. The maximum absolute atomic E-state index is 12.2. The number of rotatable bonds is 4. The fraction of sp³-hybridized carbons (Fsp3) is 0.188. The maximum Gasteiger partial charge on any atom is 0.340 e. The lowest BCUT2D eigenvalue weighted by Crippen LogP contribution is -2.10. The summed E-state index contributed by atoms with van der Waals surface area (Å²) in [5.74, 6) is -1.73. The van der Waals surface area contributed by atoms with Crippen molar-refractivity contribution in [3.8, 4) is 5.75 Å². The van der Waals surface area contributed by atoms with Crippen LogP contribution in [0.5, 0.6) is 5.75 Å². The highest BCUT2D eigenvalue weighted by atomic mass is 16.5. The zero-order chi connectivity index (χ0) is 17.1. The molecule has 1 N–H and O–H groups in total. The van der Waals surface area contributed by atoms with Gasteiger partial charge in [0.2, 0.25) is 5.91 Å².